The molecule has 0 aliphatic carbocycles. The molecule has 2 fully saturated rings. The molecule has 10 nitrogen and oxygen atoms in total. The van der Waals surface area contributed by atoms with Gasteiger partial charge < -0.3 is 30.7 Å². The van der Waals surface area contributed by atoms with E-state index in [2.05, 4.69) is 37.8 Å². The number of piperidine rings is 1. The summed E-state index contributed by atoms with van der Waals surface area (Å²) in [4.78, 5) is 40.7. The number of carbonyl (C=O) groups excluding carboxylic acids is 2. The summed E-state index contributed by atoms with van der Waals surface area (Å²) in [5.41, 5.74) is 2.32. The summed E-state index contributed by atoms with van der Waals surface area (Å²) in [7, 11) is 4.15. The Hall–Kier alpha value is -3.40. The van der Waals surface area contributed by atoms with Gasteiger partial charge in [-0.25, -0.2) is 9.78 Å². The summed E-state index contributed by atoms with van der Waals surface area (Å²) in [5.74, 6) is 0.791. The highest BCUT2D eigenvalue weighted by Crippen LogP contribution is 2.34. The van der Waals surface area contributed by atoms with Crippen molar-refractivity contribution in [3.05, 3.63) is 30.0 Å². The number of likely N-dealkylation sites (tertiary alicyclic amines) is 2. The van der Waals surface area contributed by atoms with Gasteiger partial charge in [0.05, 0.1) is 11.4 Å². The van der Waals surface area contributed by atoms with Gasteiger partial charge in [0.15, 0.2) is 0 Å². The number of hydrogen-bond acceptors (Lipinski definition) is 7. The van der Waals surface area contributed by atoms with Gasteiger partial charge in [-0.15, -0.1) is 0 Å². The molecule has 0 saturated carbocycles. The fourth-order valence-electron chi connectivity index (χ4n) is 4.62. The van der Waals surface area contributed by atoms with Crippen LogP contribution in [0.4, 0.5) is 33.6 Å². The number of urea groups is 1. The third-order valence-corrected chi connectivity index (χ3v) is 6.74. The van der Waals surface area contributed by atoms with Crippen LogP contribution in [0.15, 0.2) is 24.4 Å². The standard InChI is InChI=1S/C23H30N8O2/c1-29-11-7-16(8-12-29)30(2)22-24-14-17-20(28-22)26-18-6-5-15(13-19(18)27-21(17)32)25-23(33)31-9-3-4-10-31/h5-6,13-14,16H,3-4,7-12H2,1-2H3,(H,25,33)(H,27,32)(H,24,26,28). The number of carbonyl (C=O) groups is 2. The molecule has 0 spiro atoms. The number of benzene rings is 1. The predicted octanol–water partition coefficient (Wildman–Crippen LogP) is 2.94. The Bertz CT molecular complexity index is 1060. The zero-order valence-corrected chi connectivity index (χ0v) is 19.1. The van der Waals surface area contributed by atoms with Gasteiger partial charge in [0.2, 0.25) is 5.95 Å². The second-order valence-electron chi connectivity index (χ2n) is 9.04. The summed E-state index contributed by atoms with van der Waals surface area (Å²) in [6.07, 6.45) is 5.75. The molecule has 0 atom stereocenters. The number of hydrogen-bond donors (Lipinski definition) is 3. The van der Waals surface area contributed by atoms with Crippen LogP contribution < -0.4 is 20.9 Å². The van der Waals surface area contributed by atoms with Gasteiger partial charge in [-0.05, 0) is 64.0 Å². The van der Waals surface area contributed by atoms with Crippen molar-refractivity contribution >= 4 is 40.8 Å². The molecule has 1 aromatic heterocycles. The summed E-state index contributed by atoms with van der Waals surface area (Å²) in [6, 6.07) is 5.68. The Kier molecular flexibility index (Phi) is 5.76. The lowest BCUT2D eigenvalue weighted by molar-refractivity contribution is 0.102. The van der Waals surface area contributed by atoms with Crippen LogP contribution in [-0.4, -0.2) is 78.0 Å². The van der Waals surface area contributed by atoms with Crippen molar-refractivity contribution in [3.63, 3.8) is 0 Å². The minimum absolute atomic E-state index is 0.115. The van der Waals surface area contributed by atoms with Crippen molar-refractivity contribution in [2.75, 3.05) is 61.1 Å². The number of nitrogens with zero attached hydrogens (tertiary/aromatic N) is 5. The molecule has 174 valence electrons. The Morgan fingerprint density at radius 1 is 1.12 bits per heavy atom. The molecule has 0 radical (unpaired) electrons. The molecule has 3 aliphatic rings. The summed E-state index contributed by atoms with van der Waals surface area (Å²) in [6.45, 7) is 3.64. The van der Waals surface area contributed by atoms with E-state index in [4.69, 9.17) is 4.98 Å². The molecular formula is C23H30N8O2. The molecule has 2 saturated heterocycles. The predicted molar refractivity (Wildman–Crippen MR) is 128 cm³/mol. The first-order valence-corrected chi connectivity index (χ1v) is 11.5. The van der Waals surface area contributed by atoms with Crippen LogP contribution in [0.1, 0.15) is 36.0 Å². The largest absolute Gasteiger partial charge is 0.341 e. The van der Waals surface area contributed by atoms with E-state index >= 15 is 0 Å². The van der Waals surface area contributed by atoms with Crippen LogP contribution >= 0.6 is 0 Å². The van der Waals surface area contributed by atoms with E-state index in [0.717, 1.165) is 51.9 Å². The molecule has 4 heterocycles. The maximum atomic E-state index is 12.9. The Balaban J connectivity index is 1.35. The van der Waals surface area contributed by atoms with Crippen molar-refractivity contribution in [1.29, 1.82) is 0 Å². The first-order valence-electron chi connectivity index (χ1n) is 11.5. The summed E-state index contributed by atoms with van der Waals surface area (Å²) < 4.78 is 0. The van der Waals surface area contributed by atoms with Crippen LogP contribution in [0.5, 0.6) is 0 Å². The third kappa shape index (κ3) is 4.43. The SMILES string of the molecule is CN1CCC(N(C)c2ncc3c(n2)Nc2ccc(NC(=O)N4CCCC4)cc2NC3=O)CC1. The lowest BCUT2D eigenvalue weighted by atomic mass is 10.0. The zero-order chi connectivity index (χ0) is 22.9. The summed E-state index contributed by atoms with van der Waals surface area (Å²) >= 11 is 0. The summed E-state index contributed by atoms with van der Waals surface area (Å²) in [5, 5.41) is 9.12. The Labute approximate surface area is 193 Å². The van der Waals surface area contributed by atoms with Gasteiger partial charge in [0.1, 0.15) is 11.4 Å². The molecule has 10 heteroatoms. The molecule has 0 bridgehead atoms. The van der Waals surface area contributed by atoms with E-state index in [0.29, 0.717) is 40.4 Å². The molecule has 3 aliphatic heterocycles. The molecule has 3 amide bonds. The molecule has 3 N–H and O–H groups in total. The van der Waals surface area contributed by atoms with E-state index in [1.54, 1.807) is 17.2 Å². The normalized spacial score (nSPS) is 18.6. The van der Waals surface area contributed by atoms with Gasteiger partial charge in [0.25, 0.3) is 5.91 Å². The highest BCUT2D eigenvalue weighted by molar-refractivity contribution is 6.11. The van der Waals surface area contributed by atoms with Gasteiger partial charge in [-0.2, -0.15) is 4.98 Å². The van der Waals surface area contributed by atoms with Crippen LogP contribution in [0, 0.1) is 0 Å². The number of aromatic nitrogens is 2. The molecule has 1 aromatic carbocycles. The third-order valence-electron chi connectivity index (χ3n) is 6.74. The first kappa shape index (κ1) is 21.4. The smallest absolute Gasteiger partial charge is 0.321 e. The second-order valence-corrected chi connectivity index (χ2v) is 9.04. The molecular weight excluding hydrogens is 420 g/mol. The van der Waals surface area contributed by atoms with Gasteiger partial charge in [-0.1, -0.05) is 0 Å². The average Bonchev–Trinajstić information content (AvgIpc) is 3.31. The number of rotatable bonds is 3. The molecule has 5 rings (SSSR count). The van der Waals surface area contributed by atoms with Crippen LogP contribution in [-0.2, 0) is 0 Å². The van der Waals surface area contributed by atoms with E-state index in [1.165, 1.54) is 0 Å². The number of anilines is 5. The van der Waals surface area contributed by atoms with Gasteiger partial charge in [0, 0.05) is 38.1 Å². The van der Waals surface area contributed by atoms with Crippen LogP contribution in [0.2, 0.25) is 0 Å². The maximum absolute atomic E-state index is 12.9. The first-order chi connectivity index (χ1) is 16.0. The number of amides is 3. The van der Waals surface area contributed by atoms with E-state index in [1.807, 2.05) is 19.2 Å². The van der Waals surface area contributed by atoms with Crippen LogP contribution in [0.3, 0.4) is 0 Å². The van der Waals surface area contributed by atoms with Crippen molar-refractivity contribution in [1.82, 2.24) is 19.8 Å². The monoisotopic (exact) mass is 450 g/mol. The highest BCUT2D eigenvalue weighted by Gasteiger charge is 2.26. The Morgan fingerprint density at radius 3 is 2.64 bits per heavy atom. The van der Waals surface area contributed by atoms with Gasteiger partial charge in [-0.3, -0.25) is 4.79 Å². The van der Waals surface area contributed by atoms with Crippen LogP contribution in [0.25, 0.3) is 0 Å². The van der Waals surface area contributed by atoms with Crippen molar-refractivity contribution in [3.8, 4) is 0 Å². The van der Waals surface area contributed by atoms with Crippen molar-refractivity contribution in [2.45, 2.75) is 31.7 Å². The Morgan fingerprint density at radius 2 is 1.88 bits per heavy atom. The lowest BCUT2D eigenvalue weighted by Crippen LogP contribution is -2.42. The second kappa shape index (κ2) is 8.86. The minimum atomic E-state index is -0.284. The lowest BCUT2D eigenvalue weighted by Gasteiger charge is -2.35. The minimum Gasteiger partial charge on any atom is -0.341 e. The van der Waals surface area contributed by atoms with Crippen molar-refractivity contribution in [2.24, 2.45) is 0 Å². The molecule has 0 unspecified atom stereocenters. The van der Waals surface area contributed by atoms with E-state index in [-0.39, 0.29) is 11.9 Å². The van der Waals surface area contributed by atoms with E-state index < -0.39 is 0 Å². The zero-order valence-electron chi connectivity index (χ0n) is 19.1. The maximum Gasteiger partial charge on any atom is 0.321 e. The molecule has 33 heavy (non-hydrogen) atoms. The highest BCUT2D eigenvalue weighted by atomic mass is 16.2. The molecule has 2 aromatic rings. The van der Waals surface area contributed by atoms with Crippen molar-refractivity contribution < 1.29 is 9.59 Å². The number of fused-ring (bicyclic) bond motifs is 2. The number of nitrogens with one attached hydrogen (secondary N) is 3. The average molecular weight is 451 g/mol. The topological polar surface area (TPSA) is 106 Å². The van der Waals surface area contributed by atoms with E-state index in [9.17, 15) is 9.59 Å². The van der Waals surface area contributed by atoms with Gasteiger partial charge >= 0.3 is 6.03 Å². The fraction of sp³-hybridized carbons (Fsp3) is 0.478. The fourth-order valence-corrected chi connectivity index (χ4v) is 4.62. The quantitative estimate of drug-likeness (QED) is 0.660.